The Bertz CT molecular complexity index is 1710. The SMILES string of the molecule is C=CCOc1ccc(/C=c2/sc3n(c2=O)[C@@H](c2ccccc2)C2=C(N=3)c3ccccc3CC2)cc1OC. The van der Waals surface area contributed by atoms with Gasteiger partial charge in [0.2, 0.25) is 0 Å². The second-order valence-electron chi connectivity index (χ2n) is 9.03. The summed E-state index contributed by atoms with van der Waals surface area (Å²) in [5.41, 5.74) is 6.61. The van der Waals surface area contributed by atoms with E-state index in [1.54, 1.807) is 13.2 Å². The summed E-state index contributed by atoms with van der Waals surface area (Å²) < 4.78 is 13.7. The molecule has 184 valence electrons. The zero-order valence-electron chi connectivity index (χ0n) is 20.5. The molecule has 0 radical (unpaired) electrons. The van der Waals surface area contributed by atoms with E-state index < -0.39 is 0 Å². The molecule has 1 aliphatic heterocycles. The van der Waals surface area contributed by atoms with Crippen molar-refractivity contribution in [2.24, 2.45) is 4.99 Å². The Labute approximate surface area is 219 Å². The molecule has 0 amide bonds. The molecule has 6 rings (SSSR count). The quantitative estimate of drug-likeness (QED) is 0.350. The normalized spacial score (nSPS) is 16.4. The number of hydrogen-bond acceptors (Lipinski definition) is 5. The highest BCUT2D eigenvalue weighted by atomic mass is 32.1. The molecule has 37 heavy (non-hydrogen) atoms. The van der Waals surface area contributed by atoms with Crippen LogP contribution >= 0.6 is 11.3 Å². The van der Waals surface area contributed by atoms with Crippen molar-refractivity contribution in [3.63, 3.8) is 0 Å². The van der Waals surface area contributed by atoms with Crippen LogP contribution in [0.5, 0.6) is 11.5 Å². The summed E-state index contributed by atoms with van der Waals surface area (Å²) in [6.07, 6.45) is 5.42. The maximum Gasteiger partial charge on any atom is 0.271 e. The Balaban J connectivity index is 1.53. The molecule has 0 saturated heterocycles. The van der Waals surface area contributed by atoms with Gasteiger partial charge < -0.3 is 9.47 Å². The maximum atomic E-state index is 13.9. The minimum absolute atomic E-state index is 0.0334. The first-order valence-electron chi connectivity index (χ1n) is 12.3. The van der Waals surface area contributed by atoms with E-state index in [0.29, 0.717) is 22.6 Å². The number of methoxy groups -OCH3 is 1. The maximum absolute atomic E-state index is 13.9. The molecule has 0 N–H and O–H groups in total. The van der Waals surface area contributed by atoms with Crippen molar-refractivity contribution in [1.29, 1.82) is 0 Å². The molecule has 0 spiro atoms. The van der Waals surface area contributed by atoms with E-state index in [-0.39, 0.29) is 11.6 Å². The molecule has 4 aromatic rings. The molecule has 0 fully saturated rings. The number of hydrogen-bond donors (Lipinski definition) is 0. The molecule has 2 heterocycles. The first-order valence-corrected chi connectivity index (χ1v) is 13.1. The Morgan fingerprint density at radius 1 is 1.05 bits per heavy atom. The summed E-state index contributed by atoms with van der Waals surface area (Å²) in [4.78, 5) is 19.7. The van der Waals surface area contributed by atoms with E-state index in [4.69, 9.17) is 14.5 Å². The third-order valence-corrected chi connectivity index (χ3v) is 7.81. The number of thiazole rings is 1. The van der Waals surface area contributed by atoms with Gasteiger partial charge in [-0.05, 0) is 53.3 Å². The van der Waals surface area contributed by atoms with Crippen LogP contribution in [0.1, 0.15) is 34.7 Å². The van der Waals surface area contributed by atoms with Crippen molar-refractivity contribution in [1.82, 2.24) is 4.57 Å². The van der Waals surface area contributed by atoms with Crippen LogP contribution in [0, 0.1) is 0 Å². The molecule has 5 nitrogen and oxygen atoms in total. The number of aromatic nitrogens is 1. The molecule has 2 aliphatic rings. The number of ether oxygens (including phenoxy) is 2. The molecule has 1 aromatic heterocycles. The summed E-state index contributed by atoms with van der Waals surface area (Å²) in [7, 11) is 1.61. The van der Waals surface area contributed by atoms with E-state index in [2.05, 4.69) is 43.0 Å². The van der Waals surface area contributed by atoms with Crippen LogP contribution in [0.15, 0.2) is 101 Å². The Kier molecular flexibility index (Phi) is 6.10. The number of allylic oxidation sites excluding steroid dienone is 1. The standard InChI is InChI=1S/C31H26N2O3S/c1-3-17-36-25-16-13-20(18-26(25)35-2)19-27-30(34)33-29(22-10-5-4-6-11-22)24-15-14-21-9-7-8-12-23(21)28(24)32-31(33)37-27/h3-13,16,18-19,29H,1,14-15,17H2,2H3/b27-19+/t29-/m0/s1. The molecule has 0 unspecified atom stereocenters. The fraction of sp³-hybridized carbons (Fsp3) is 0.161. The van der Waals surface area contributed by atoms with Crippen LogP contribution in [-0.4, -0.2) is 18.3 Å². The number of benzene rings is 3. The lowest BCUT2D eigenvalue weighted by molar-refractivity contribution is 0.326. The Morgan fingerprint density at radius 2 is 1.86 bits per heavy atom. The zero-order valence-corrected chi connectivity index (χ0v) is 21.3. The zero-order chi connectivity index (χ0) is 25.4. The fourth-order valence-electron chi connectivity index (χ4n) is 5.15. The van der Waals surface area contributed by atoms with Gasteiger partial charge in [0.25, 0.3) is 5.56 Å². The Hall–Kier alpha value is -4.16. The van der Waals surface area contributed by atoms with Crippen LogP contribution in [-0.2, 0) is 6.42 Å². The average Bonchev–Trinajstić information content (AvgIpc) is 3.25. The smallest absolute Gasteiger partial charge is 0.271 e. The van der Waals surface area contributed by atoms with Crippen molar-refractivity contribution in [2.45, 2.75) is 18.9 Å². The largest absolute Gasteiger partial charge is 0.493 e. The summed E-state index contributed by atoms with van der Waals surface area (Å²) >= 11 is 1.43. The molecule has 6 heteroatoms. The molecular formula is C31H26N2O3S. The molecule has 1 aliphatic carbocycles. The van der Waals surface area contributed by atoms with Gasteiger partial charge in [-0.2, -0.15) is 0 Å². The molecule has 0 bridgehead atoms. The topological polar surface area (TPSA) is 52.8 Å². The van der Waals surface area contributed by atoms with E-state index >= 15 is 0 Å². The third kappa shape index (κ3) is 4.13. The van der Waals surface area contributed by atoms with E-state index in [1.807, 2.05) is 47.0 Å². The van der Waals surface area contributed by atoms with Gasteiger partial charge in [-0.25, -0.2) is 4.99 Å². The molecular weight excluding hydrogens is 480 g/mol. The van der Waals surface area contributed by atoms with Crippen LogP contribution in [0.3, 0.4) is 0 Å². The summed E-state index contributed by atoms with van der Waals surface area (Å²) in [5.74, 6) is 1.24. The van der Waals surface area contributed by atoms with Crippen LogP contribution < -0.4 is 24.4 Å². The Morgan fingerprint density at radius 3 is 2.68 bits per heavy atom. The van der Waals surface area contributed by atoms with Gasteiger partial charge in [-0.15, -0.1) is 0 Å². The number of fused-ring (bicyclic) bond motifs is 3. The van der Waals surface area contributed by atoms with Crippen LogP contribution in [0.25, 0.3) is 11.8 Å². The van der Waals surface area contributed by atoms with Gasteiger partial charge in [0.05, 0.1) is 23.4 Å². The predicted molar refractivity (Wildman–Crippen MR) is 148 cm³/mol. The van der Waals surface area contributed by atoms with Crippen molar-refractivity contribution in [3.8, 4) is 11.5 Å². The second kappa shape index (κ2) is 9.71. The lowest BCUT2D eigenvalue weighted by atomic mass is 9.83. The number of nitrogens with zero attached hydrogens (tertiary/aromatic N) is 2. The van der Waals surface area contributed by atoms with Crippen molar-refractivity contribution < 1.29 is 9.47 Å². The first kappa shape index (κ1) is 23.3. The monoisotopic (exact) mass is 506 g/mol. The molecule has 0 saturated carbocycles. The lowest BCUT2D eigenvalue weighted by Crippen LogP contribution is -2.38. The first-order chi connectivity index (χ1) is 18.2. The van der Waals surface area contributed by atoms with E-state index in [1.165, 1.54) is 28.0 Å². The fourth-order valence-corrected chi connectivity index (χ4v) is 6.15. The van der Waals surface area contributed by atoms with Gasteiger partial charge in [-0.1, -0.05) is 84.7 Å². The highest BCUT2D eigenvalue weighted by Gasteiger charge is 2.32. The molecule has 1 atom stereocenters. The summed E-state index contributed by atoms with van der Waals surface area (Å²) in [6.45, 7) is 4.08. The van der Waals surface area contributed by atoms with Crippen molar-refractivity contribution in [3.05, 3.63) is 133 Å². The third-order valence-electron chi connectivity index (χ3n) is 6.83. The summed E-state index contributed by atoms with van der Waals surface area (Å²) in [5, 5.41) is 0. The predicted octanol–water partition coefficient (Wildman–Crippen LogP) is 4.89. The lowest BCUT2D eigenvalue weighted by Gasteiger charge is -2.30. The van der Waals surface area contributed by atoms with E-state index in [9.17, 15) is 4.79 Å². The highest BCUT2D eigenvalue weighted by molar-refractivity contribution is 7.07. The van der Waals surface area contributed by atoms with Crippen molar-refractivity contribution in [2.75, 3.05) is 13.7 Å². The van der Waals surface area contributed by atoms with Gasteiger partial charge in [-0.3, -0.25) is 9.36 Å². The number of aryl methyl sites for hydroxylation is 1. The average molecular weight is 507 g/mol. The van der Waals surface area contributed by atoms with Gasteiger partial charge in [0.1, 0.15) is 6.61 Å². The summed E-state index contributed by atoms with van der Waals surface area (Å²) in [6, 6.07) is 24.2. The van der Waals surface area contributed by atoms with Gasteiger partial charge >= 0.3 is 0 Å². The second-order valence-corrected chi connectivity index (χ2v) is 10.0. The highest BCUT2D eigenvalue weighted by Crippen LogP contribution is 2.41. The van der Waals surface area contributed by atoms with Gasteiger partial charge in [0, 0.05) is 5.56 Å². The van der Waals surface area contributed by atoms with Crippen molar-refractivity contribution >= 4 is 23.1 Å². The van der Waals surface area contributed by atoms with Crippen LogP contribution in [0.4, 0.5) is 0 Å². The minimum atomic E-state index is -0.174. The van der Waals surface area contributed by atoms with E-state index in [0.717, 1.165) is 34.5 Å². The number of rotatable bonds is 6. The van der Waals surface area contributed by atoms with Gasteiger partial charge in [0.15, 0.2) is 16.3 Å². The minimum Gasteiger partial charge on any atom is -0.493 e. The molecule has 3 aromatic carbocycles. The van der Waals surface area contributed by atoms with Crippen LogP contribution in [0.2, 0.25) is 0 Å².